The summed E-state index contributed by atoms with van der Waals surface area (Å²) in [5.74, 6) is -1.95. The van der Waals surface area contributed by atoms with Crippen molar-refractivity contribution in [1.82, 2.24) is 0 Å². The maximum absolute atomic E-state index is 14.5. The summed E-state index contributed by atoms with van der Waals surface area (Å²) in [6.07, 6.45) is 1.52. The van der Waals surface area contributed by atoms with Gasteiger partial charge in [0, 0.05) is 21.4 Å². The van der Waals surface area contributed by atoms with Crippen LogP contribution in [0.3, 0.4) is 0 Å². The molecule has 0 saturated heterocycles. The molecular formula is C12H10BrFO3S. The minimum Gasteiger partial charge on any atom is -0.466 e. The number of alkyl halides is 1. The van der Waals surface area contributed by atoms with Crippen LogP contribution in [0.1, 0.15) is 15.9 Å². The maximum atomic E-state index is 14.5. The summed E-state index contributed by atoms with van der Waals surface area (Å²) >= 11 is 4.63. The summed E-state index contributed by atoms with van der Waals surface area (Å²) < 4.78 is 19.6. The van der Waals surface area contributed by atoms with Crippen LogP contribution in [0.4, 0.5) is 4.39 Å². The standard InChI is InChI=1S/C12H10BrFO3S/c1-17-11(16)12(14)5-6-7(13)3-4-8(18-2)9(6)10(12)15/h3-4H,5H2,1-2H3. The van der Waals surface area contributed by atoms with Crippen molar-refractivity contribution in [2.45, 2.75) is 17.0 Å². The summed E-state index contributed by atoms with van der Waals surface area (Å²) in [6.45, 7) is 0. The normalized spacial score (nSPS) is 21.9. The van der Waals surface area contributed by atoms with E-state index in [4.69, 9.17) is 0 Å². The number of Topliss-reactive ketones (excluding diaryl/α,β-unsaturated/α-hetero) is 1. The molecule has 3 nitrogen and oxygen atoms in total. The number of carbonyl (C=O) groups is 2. The lowest BCUT2D eigenvalue weighted by Gasteiger charge is -2.13. The van der Waals surface area contributed by atoms with Crippen LogP contribution in [0.5, 0.6) is 0 Å². The van der Waals surface area contributed by atoms with Gasteiger partial charge in [0.15, 0.2) is 0 Å². The Balaban J connectivity index is 2.61. The van der Waals surface area contributed by atoms with Gasteiger partial charge in [-0.2, -0.15) is 0 Å². The molecule has 0 saturated carbocycles. The van der Waals surface area contributed by atoms with Gasteiger partial charge in [-0.05, 0) is 24.0 Å². The Bertz CT molecular complexity index is 546. The SMILES string of the molecule is COC(=O)C1(F)Cc2c(Br)ccc(SC)c2C1=O. The Labute approximate surface area is 116 Å². The Morgan fingerprint density at radius 3 is 2.78 bits per heavy atom. The summed E-state index contributed by atoms with van der Waals surface area (Å²) in [4.78, 5) is 24.3. The van der Waals surface area contributed by atoms with Crippen molar-refractivity contribution in [3.8, 4) is 0 Å². The van der Waals surface area contributed by atoms with Gasteiger partial charge in [0.05, 0.1) is 7.11 Å². The molecular weight excluding hydrogens is 323 g/mol. The molecule has 0 aromatic heterocycles. The second kappa shape index (κ2) is 4.66. The number of halogens is 2. The molecule has 1 aromatic rings. The zero-order valence-electron chi connectivity index (χ0n) is 9.75. The van der Waals surface area contributed by atoms with Gasteiger partial charge in [-0.3, -0.25) is 4.79 Å². The number of benzene rings is 1. The molecule has 1 atom stereocenters. The summed E-state index contributed by atoms with van der Waals surface area (Å²) in [7, 11) is 1.07. The molecule has 0 radical (unpaired) electrons. The lowest BCUT2D eigenvalue weighted by molar-refractivity contribution is -0.150. The molecule has 0 heterocycles. The Kier molecular flexibility index (Phi) is 3.51. The monoisotopic (exact) mass is 332 g/mol. The third-order valence-electron chi connectivity index (χ3n) is 2.95. The Morgan fingerprint density at radius 1 is 1.56 bits per heavy atom. The fraction of sp³-hybridized carbons (Fsp3) is 0.333. The lowest BCUT2D eigenvalue weighted by Crippen LogP contribution is -2.41. The molecule has 1 aromatic carbocycles. The van der Waals surface area contributed by atoms with Crippen molar-refractivity contribution in [3.05, 3.63) is 27.7 Å². The number of hydrogen-bond donors (Lipinski definition) is 0. The zero-order valence-corrected chi connectivity index (χ0v) is 12.2. The molecule has 0 N–H and O–H groups in total. The molecule has 0 fully saturated rings. The van der Waals surface area contributed by atoms with E-state index < -0.39 is 17.4 Å². The van der Waals surface area contributed by atoms with Crippen LogP contribution in [0.2, 0.25) is 0 Å². The quantitative estimate of drug-likeness (QED) is 0.474. The topological polar surface area (TPSA) is 43.4 Å². The van der Waals surface area contributed by atoms with E-state index in [9.17, 15) is 14.0 Å². The second-order valence-corrected chi connectivity index (χ2v) is 5.60. The fourth-order valence-electron chi connectivity index (χ4n) is 2.04. The number of carbonyl (C=O) groups excluding carboxylic acids is 2. The van der Waals surface area contributed by atoms with Crippen molar-refractivity contribution in [2.75, 3.05) is 13.4 Å². The lowest BCUT2D eigenvalue weighted by atomic mass is 10.0. The Morgan fingerprint density at radius 2 is 2.22 bits per heavy atom. The predicted octanol–water partition coefficient (Wildman–Crippen LogP) is 2.79. The first-order valence-corrected chi connectivity index (χ1v) is 7.15. The van der Waals surface area contributed by atoms with E-state index in [1.165, 1.54) is 11.8 Å². The molecule has 2 rings (SSSR count). The minimum absolute atomic E-state index is 0.275. The first kappa shape index (κ1) is 13.5. The number of hydrogen-bond acceptors (Lipinski definition) is 4. The summed E-state index contributed by atoms with van der Waals surface area (Å²) in [5, 5.41) is 0. The molecule has 6 heteroatoms. The Hall–Kier alpha value is -0.880. The van der Waals surface area contributed by atoms with Crippen molar-refractivity contribution >= 4 is 39.4 Å². The van der Waals surface area contributed by atoms with Crippen molar-refractivity contribution in [1.29, 1.82) is 0 Å². The largest absolute Gasteiger partial charge is 0.466 e. The third kappa shape index (κ3) is 1.78. The molecule has 18 heavy (non-hydrogen) atoms. The zero-order chi connectivity index (χ0) is 13.5. The van der Waals surface area contributed by atoms with E-state index in [-0.39, 0.29) is 12.0 Å². The van der Waals surface area contributed by atoms with E-state index in [0.717, 1.165) is 7.11 Å². The number of esters is 1. The van der Waals surface area contributed by atoms with E-state index in [2.05, 4.69) is 20.7 Å². The van der Waals surface area contributed by atoms with Crippen molar-refractivity contribution < 1.29 is 18.7 Å². The van der Waals surface area contributed by atoms with Gasteiger partial charge in [-0.25, -0.2) is 9.18 Å². The van der Waals surface area contributed by atoms with Gasteiger partial charge in [-0.1, -0.05) is 15.9 Å². The first-order valence-electron chi connectivity index (χ1n) is 5.13. The molecule has 1 aliphatic carbocycles. The molecule has 1 aliphatic rings. The average molecular weight is 333 g/mol. The molecule has 96 valence electrons. The van der Waals surface area contributed by atoms with Gasteiger partial charge in [0.1, 0.15) is 0 Å². The molecule has 0 amide bonds. The molecule has 0 bridgehead atoms. The molecule has 1 unspecified atom stereocenters. The van der Waals surface area contributed by atoms with Crippen LogP contribution in [0.15, 0.2) is 21.5 Å². The first-order chi connectivity index (χ1) is 8.45. The second-order valence-electron chi connectivity index (χ2n) is 3.90. The van der Waals surface area contributed by atoms with E-state index in [0.29, 0.717) is 14.9 Å². The predicted molar refractivity (Wildman–Crippen MR) is 69.8 cm³/mol. The van der Waals surface area contributed by atoms with E-state index >= 15 is 0 Å². The number of methoxy groups -OCH3 is 1. The van der Waals surface area contributed by atoms with Gasteiger partial charge < -0.3 is 4.74 Å². The third-order valence-corrected chi connectivity index (χ3v) is 4.48. The van der Waals surface area contributed by atoms with Crippen molar-refractivity contribution in [2.24, 2.45) is 0 Å². The number of rotatable bonds is 2. The van der Waals surface area contributed by atoms with Crippen LogP contribution in [-0.2, 0) is 16.0 Å². The highest BCUT2D eigenvalue weighted by molar-refractivity contribution is 9.10. The summed E-state index contributed by atoms with van der Waals surface area (Å²) in [6, 6.07) is 3.48. The van der Waals surface area contributed by atoms with E-state index in [1.807, 2.05) is 0 Å². The number of ether oxygens (including phenoxy) is 1. The maximum Gasteiger partial charge on any atom is 0.352 e. The highest BCUT2D eigenvalue weighted by atomic mass is 79.9. The minimum atomic E-state index is -2.59. The average Bonchev–Trinajstić information content (AvgIpc) is 2.65. The van der Waals surface area contributed by atoms with Gasteiger partial charge in [0.25, 0.3) is 5.67 Å². The van der Waals surface area contributed by atoms with Gasteiger partial charge >= 0.3 is 5.97 Å². The van der Waals surface area contributed by atoms with Crippen LogP contribution in [0, 0.1) is 0 Å². The van der Waals surface area contributed by atoms with Gasteiger partial charge in [-0.15, -0.1) is 11.8 Å². The molecule has 0 aliphatic heterocycles. The smallest absolute Gasteiger partial charge is 0.352 e. The van der Waals surface area contributed by atoms with E-state index in [1.54, 1.807) is 18.4 Å². The number of thioether (sulfide) groups is 1. The van der Waals surface area contributed by atoms with Crippen LogP contribution in [-0.4, -0.2) is 30.8 Å². The highest BCUT2D eigenvalue weighted by Crippen LogP contribution is 2.42. The fourth-order valence-corrected chi connectivity index (χ4v) is 3.14. The van der Waals surface area contributed by atoms with Crippen LogP contribution in [0.25, 0.3) is 0 Å². The number of ketones is 1. The van der Waals surface area contributed by atoms with Crippen LogP contribution >= 0.6 is 27.7 Å². The highest BCUT2D eigenvalue weighted by Gasteiger charge is 2.55. The molecule has 0 spiro atoms. The van der Waals surface area contributed by atoms with Crippen molar-refractivity contribution in [3.63, 3.8) is 0 Å². The summed E-state index contributed by atoms with van der Waals surface area (Å²) in [5.41, 5.74) is -1.78. The van der Waals surface area contributed by atoms with Gasteiger partial charge in [0.2, 0.25) is 5.78 Å². The number of fused-ring (bicyclic) bond motifs is 1. The van der Waals surface area contributed by atoms with Crippen LogP contribution < -0.4 is 0 Å².